The normalized spacial score (nSPS) is 13.4. The highest BCUT2D eigenvalue weighted by Crippen LogP contribution is 2.13. The van der Waals surface area contributed by atoms with Gasteiger partial charge in [0.2, 0.25) is 11.8 Å². The predicted molar refractivity (Wildman–Crippen MR) is 107 cm³/mol. The Morgan fingerprint density at radius 3 is 2.15 bits per heavy atom. The molecule has 0 aromatic heterocycles. The monoisotopic (exact) mass is 375 g/mol. The van der Waals surface area contributed by atoms with Crippen LogP contribution in [0.2, 0.25) is 0 Å². The summed E-state index contributed by atoms with van der Waals surface area (Å²) in [7, 11) is 0. The fourth-order valence-corrected chi connectivity index (χ4v) is 2.67. The molecule has 0 saturated carbocycles. The predicted octanol–water partition coefficient (Wildman–Crippen LogP) is 2.59. The molecule has 0 aliphatic heterocycles. The van der Waals surface area contributed by atoms with E-state index in [1.807, 2.05) is 47.6 Å². The van der Waals surface area contributed by atoms with Crippen LogP contribution in [-0.2, 0) is 9.59 Å². The van der Waals surface area contributed by atoms with Crippen LogP contribution in [0.4, 0.5) is 0 Å². The Labute approximate surface area is 162 Å². The summed E-state index contributed by atoms with van der Waals surface area (Å²) in [5.41, 5.74) is 0.143. The van der Waals surface area contributed by atoms with Gasteiger partial charge in [-0.1, -0.05) is 38.5 Å². The molecular formula is C21H33N3O3. The van der Waals surface area contributed by atoms with Crippen LogP contribution >= 0.6 is 0 Å². The lowest BCUT2D eigenvalue weighted by Crippen LogP contribution is -2.54. The minimum atomic E-state index is -0.676. The zero-order valence-electron chi connectivity index (χ0n) is 17.3. The van der Waals surface area contributed by atoms with Crippen molar-refractivity contribution in [3.8, 4) is 0 Å². The lowest BCUT2D eigenvalue weighted by molar-refractivity contribution is -0.138. The fraction of sp³-hybridized carbons (Fsp3) is 0.571. The van der Waals surface area contributed by atoms with Crippen LogP contribution in [0, 0.1) is 5.92 Å². The first kappa shape index (κ1) is 22.7. The maximum atomic E-state index is 13.1. The Hall–Kier alpha value is -2.37. The molecule has 150 valence electrons. The lowest BCUT2D eigenvalue weighted by Gasteiger charge is -2.30. The number of amides is 3. The third-order valence-electron chi connectivity index (χ3n) is 4.34. The zero-order valence-corrected chi connectivity index (χ0v) is 17.3. The van der Waals surface area contributed by atoms with Gasteiger partial charge in [0.1, 0.15) is 6.04 Å². The molecule has 2 unspecified atom stereocenters. The van der Waals surface area contributed by atoms with Crippen LogP contribution < -0.4 is 10.6 Å². The number of nitrogens with zero attached hydrogens (tertiary/aromatic N) is 1. The summed E-state index contributed by atoms with van der Waals surface area (Å²) in [6.07, 6.45) is 0.733. The van der Waals surface area contributed by atoms with Crippen molar-refractivity contribution in [2.45, 2.75) is 59.5 Å². The Kier molecular flexibility index (Phi) is 8.47. The second-order valence-electron chi connectivity index (χ2n) is 7.85. The summed E-state index contributed by atoms with van der Waals surface area (Å²) in [4.78, 5) is 39.3. The number of rotatable bonds is 8. The molecule has 6 nitrogen and oxygen atoms in total. The molecular weight excluding hydrogens is 342 g/mol. The molecule has 2 atom stereocenters. The van der Waals surface area contributed by atoms with E-state index < -0.39 is 6.04 Å². The summed E-state index contributed by atoms with van der Waals surface area (Å²) in [5.74, 6) is -0.787. The van der Waals surface area contributed by atoms with E-state index in [2.05, 4.69) is 10.6 Å². The van der Waals surface area contributed by atoms with Crippen molar-refractivity contribution in [2.24, 2.45) is 5.92 Å². The Morgan fingerprint density at radius 1 is 1.07 bits per heavy atom. The molecule has 0 fully saturated rings. The number of benzene rings is 1. The summed E-state index contributed by atoms with van der Waals surface area (Å²) < 4.78 is 0. The van der Waals surface area contributed by atoms with Gasteiger partial charge >= 0.3 is 0 Å². The first-order valence-corrected chi connectivity index (χ1v) is 9.54. The van der Waals surface area contributed by atoms with E-state index in [1.54, 1.807) is 24.3 Å². The first-order valence-electron chi connectivity index (χ1n) is 9.54. The summed E-state index contributed by atoms with van der Waals surface area (Å²) in [6.45, 7) is 11.8. The number of likely N-dealkylation sites (N-methyl/N-ethyl adjacent to an activating group) is 1. The van der Waals surface area contributed by atoms with Crippen molar-refractivity contribution in [1.29, 1.82) is 0 Å². The van der Waals surface area contributed by atoms with Gasteiger partial charge in [0.15, 0.2) is 0 Å². The molecule has 1 rings (SSSR count). The quantitative estimate of drug-likeness (QED) is 0.733. The highest BCUT2D eigenvalue weighted by atomic mass is 16.2. The van der Waals surface area contributed by atoms with E-state index in [0.29, 0.717) is 12.1 Å². The number of hydrogen-bond donors (Lipinski definition) is 2. The first-order chi connectivity index (χ1) is 12.6. The van der Waals surface area contributed by atoms with Gasteiger partial charge in [-0.2, -0.15) is 0 Å². The van der Waals surface area contributed by atoms with Crippen molar-refractivity contribution >= 4 is 17.7 Å². The largest absolute Gasteiger partial charge is 0.350 e. The van der Waals surface area contributed by atoms with Crippen molar-refractivity contribution in [1.82, 2.24) is 15.5 Å². The third-order valence-corrected chi connectivity index (χ3v) is 4.34. The van der Waals surface area contributed by atoms with Crippen molar-refractivity contribution < 1.29 is 14.4 Å². The topological polar surface area (TPSA) is 78.5 Å². The molecule has 2 N–H and O–H groups in total. The van der Waals surface area contributed by atoms with E-state index in [1.165, 1.54) is 4.90 Å². The zero-order chi connectivity index (χ0) is 20.6. The molecule has 6 heteroatoms. The highest BCUT2D eigenvalue weighted by Gasteiger charge is 2.31. The van der Waals surface area contributed by atoms with Gasteiger partial charge in [-0.25, -0.2) is 0 Å². The van der Waals surface area contributed by atoms with Gasteiger partial charge < -0.3 is 15.5 Å². The average Bonchev–Trinajstić information content (AvgIpc) is 2.62. The van der Waals surface area contributed by atoms with Crippen molar-refractivity contribution in [2.75, 3.05) is 13.1 Å². The molecule has 0 heterocycles. The molecule has 0 bridgehead atoms. The van der Waals surface area contributed by atoms with Gasteiger partial charge in [-0.3, -0.25) is 14.4 Å². The Bertz CT molecular complexity index is 638. The summed E-state index contributed by atoms with van der Waals surface area (Å²) in [5, 5.41) is 5.73. The molecule has 0 spiro atoms. The van der Waals surface area contributed by atoms with Gasteiger partial charge in [0, 0.05) is 17.6 Å². The third kappa shape index (κ3) is 7.41. The van der Waals surface area contributed by atoms with E-state index >= 15 is 0 Å². The maximum absolute atomic E-state index is 13.1. The van der Waals surface area contributed by atoms with Crippen molar-refractivity contribution in [3.63, 3.8) is 0 Å². The van der Waals surface area contributed by atoms with Crippen LogP contribution in [0.15, 0.2) is 30.3 Å². The molecule has 3 amide bonds. The van der Waals surface area contributed by atoms with Crippen LogP contribution in [0.25, 0.3) is 0 Å². The molecule has 1 aromatic rings. The minimum Gasteiger partial charge on any atom is -0.350 e. The van der Waals surface area contributed by atoms with Gasteiger partial charge in [-0.05, 0) is 45.7 Å². The van der Waals surface area contributed by atoms with Crippen molar-refractivity contribution in [3.05, 3.63) is 35.9 Å². The van der Waals surface area contributed by atoms with Crippen LogP contribution in [0.1, 0.15) is 58.3 Å². The molecule has 0 aliphatic rings. The smallest absolute Gasteiger partial charge is 0.251 e. The van der Waals surface area contributed by atoms with E-state index in [-0.39, 0.29) is 35.7 Å². The summed E-state index contributed by atoms with van der Waals surface area (Å²) in [6, 6.07) is 8.14. The van der Waals surface area contributed by atoms with Crippen LogP contribution in [0.3, 0.4) is 0 Å². The fourth-order valence-electron chi connectivity index (χ4n) is 2.67. The number of hydrogen-bond acceptors (Lipinski definition) is 3. The van der Waals surface area contributed by atoms with Gasteiger partial charge in [-0.15, -0.1) is 0 Å². The van der Waals surface area contributed by atoms with Gasteiger partial charge in [0.05, 0.1) is 6.54 Å². The highest BCUT2D eigenvalue weighted by molar-refractivity contribution is 5.98. The van der Waals surface area contributed by atoms with Crippen LogP contribution in [0.5, 0.6) is 0 Å². The van der Waals surface area contributed by atoms with E-state index in [0.717, 1.165) is 6.42 Å². The molecule has 0 radical (unpaired) electrons. The van der Waals surface area contributed by atoms with E-state index in [4.69, 9.17) is 0 Å². The second-order valence-corrected chi connectivity index (χ2v) is 7.85. The molecule has 0 aliphatic carbocycles. The lowest BCUT2D eigenvalue weighted by atomic mass is 9.97. The number of nitrogens with one attached hydrogen (secondary N) is 2. The minimum absolute atomic E-state index is 0.0270. The number of carbonyl (C=O) groups is 3. The molecule has 0 saturated heterocycles. The molecule has 27 heavy (non-hydrogen) atoms. The van der Waals surface area contributed by atoms with E-state index in [9.17, 15) is 14.4 Å². The Morgan fingerprint density at radius 2 is 1.67 bits per heavy atom. The average molecular weight is 376 g/mol. The maximum Gasteiger partial charge on any atom is 0.251 e. The Balaban J connectivity index is 2.92. The van der Waals surface area contributed by atoms with Gasteiger partial charge in [0.25, 0.3) is 5.91 Å². The molecule has 1 aromatic carbocycles. The van der Waals surface area contributed by atoms with Crippen LogP contribution in [-0.4, -0.2) is 47.3 Å². The number of carbonyl (C=O) groups excluding carboxylic acids is 3. The SMILES string of the molecule is CCC(C)C(NC(=O)c1ccccc1)C(=O)N(CC)CC(=O)NC(C)(C)C. The second kappa shape index (κ2) is 10.1. The summed E-state index contributed by atoms with van der Waals surface area (Å²) >= 11 is 0. The standard InChI is InChI=1S/C21H33N3O3/c1-7-15(3)18(22-19(26)16-12-10-9-11-13-16)20(27)24(8-2)14-17(25)23-21(4,5)6/h9-13,15,18H,7-8,14H2,1-6H3,(H,22,26)(H,23,25).